The maximum Gasteiger partial charge on any atom is 0.270 e. The summed E-state index contributed by atoms with van der Waals surface area (Å²) in [6.07, 6.45) is 1.07. The Morgan fingerprint density at radius 1 is 1.10 bits per heavy atom. The van der Waals surface area contributed by atoms with Crippen LogP contribution in [-0.2, 0) is 11.3 Å². The lowest BCUT2D eigenvalue weighted by Gasteiger charge is -2.23. The molecular formula is C22H23N4O3+. The number of morpholine rings is 1. The number of aromatic nitrogens is 2. The van der Waals surface area contributed by atoms with Crippen molar-refractivity contribution in [2.24, 2.45) is 0 Å². The lowest BCUT2D eigenvalue weighted by molar-refractivity contribution is -0.908. The molecule has 0 amide bonds. The molecule has 0 saturated carbocycles. The number of rotatable bonds is 5. The van der Waals surface area contributed by atoms with E-state index < -0.39 is 0 Å². The standard InChI is InChI=1S/C22H22N4O3/c27-26(28)17-6-7-19-16(14-17)15-21-22(23-19)18-4-1-2-5-20(18)25(21)9-3-8-24-10-12-29-13-11-24/h1-2,4-7,14-15H,3,8-13H2/p+1. The molecule has 2 aromatic heterocycles. The summed E-state index contributed by atoms with van der Waals surface area (Å²) in [5.41, 5.74) is 4.04. The molecule has 0 atom stereocenters. The smallest absolute Gasteiger partial charge is 0.270 e. The molecule has 7 nitrogen and oxygen atoms in total. The third kappa shape index (κ3) is 3.32. The first-order valence-corrected chi connectivity index (χ1v) is 10.1. The predicted molar refractivity (Wildman–Crippen MR) is 112 cm³/mol. The molecule has 2 aromatic carbocycles. The third-order valence-corrected chi connectivity index (χ3v) is 5.84. The summed E-state index contributed by atoms with van der Waals surface area (Å²) in [6.45, 7) is 5.85. The number of nitrogens with zero attached hydrogens (tertiary/aromatic N) is 3. The van der Waals surface area contributed by atoms with Gasteiger partial charge in [0.15, 0.2) is 0 Å². The third-order valence-electron chi connectivity index (χ3n) is 5.84. The van der Waals surface area contributed by atoms with E-state index in [0.717, 1.165) is 78.7 Å². The maximum absolute atomic E-state index is 11.2. The Hall–Kier alpha value is -3.03. The van der Waals surface area contributed by atoms with Crippen LogP contribution < -0.4 is 4.90 Å². The second-order valence-electron chi connectivity index (χ2n) is 7.62. The SMILES string of the molecule is O=[N+]([O-])c1ccc2nc3c4ccccc4n(CCC[NH+]4CCOCC4)c3cc2c1. The van der Waals surface area contributed by atoms with E-state index >= 15 is 0 Å². The highest BCUT2D eigenvalue weighted by Crippen LogP contribution is 2.31. The van der Waals surface area contributed by atoms with Gasteiger partial charge in [-0.3, -0.25) is 10.1 Å². The minimum atomic E-state index is -0.357. The van der Waals surface area contributed by atoms with Crippen molar-refractivity contribution in [3.63, 3.8) is 0 Å². The molecule has 1 N–H and O–H groups in total. The monoisotopic (exact) mass is 391 g/mol. The van der Waals surface area contributed by atoms with Crippen LogP contribution in [0.15, 0.2) is 48.5 Å². The van der Waals surface area contributed by atoms with E-state index in [-0.39, 0.29) is 10.6 Å². The predicted octanol–water partition coefficient (Wildman–Crippen LogP) is 2.56. The number of para-hydroxylation sites is 1. The van der Waals surface area contributed by atoms with Gasteiger partial charge in [0.2, 0.25) is 0 Å². The molecule has 1 fully saturated rings. The van der Waals surface area contributed by atoms with Crippen LogP contribution >= 0.6 is 0 Å². The minimum absolute atomic E-state index is 0.0947. The van der Waals surface area contributed by atoms with E-state index in [1.807, 2.05) is 12.1 Å². The van der Waals surface area contributed by atoms with E-state index in [9.17, 15) is 10.1 Å². The summed E-state index contributed by atoms with van der Waals surface area (Å²) in [5, 5.41) is 13.1. The lowest BCUT2D eigenvalue weighted by Crippen LogP contribution is -3.14. The van der Waals surface area contributed by atoms with Gasteiger partial charge in [0.05, 0.1) is 46.7 Å². The number of aryl methyl sites for hydroxylation is 1. The number of ether oxygens (including phenoxy) is 1. The van der Waals surface area contributed by atoms with E-state index in [2.05, 4.69) is 22.8 Å². The van der Waals surface area contributed by atoms with Gasteiger partial charge < -0.3 is 14.2 Å². The van der Waals surface area contributed by atoms with Gasteiger partial charge in [-0.1, -0.05) is 18.2 Å². The molecule has 1 aliphatic heterocycles. The van der Waals surface area contributed by atoms with Crippen molar-refractivity contribution in [2.75, 3.05) is 32.8 Å². The summed E-state index contributed by atoms with van der Waals surface area (Å²) in [5.74, 6) is 0. The highest BCUT2D eigenvalue weighted by atomic mass is 16.6. The highest BCUT2D eigenvalue weighted by molar-refractivity contribution is 6.09. The largest absolute Gasteiger partial charge is 0.370 e. The zero-order valence-electron chi connectivity index (χ0n) is 16.1. The van der Waals surface area contributed by atoms with Gasteiger partial charge in [0.1, 0.15) is 13.1 Å². The molecule has 1 saturated heterocycles. The highest BCUT2D eigenvalue weighted by Gasteiger charge is 2.16. The fourth-order valence-corrected chi connectivity index (χ4v) is 4.35. The topological polar surface area (TPSA) is 74.6 Å². The molecule has 4 aromatic rings. The molecule has 5 rings (SSSR count). The Labute approximate surface area is 167 Å². The van der Waals surface area contributed by atoms with Crippen molar-refractivity contribution in [3.8, 4) is 0 Å². The maximum atomic E-state index is 11.2. The summed E-state index contributed by atoms with van der Waals surface area (Å²) in [6, 6.07) is 15.2. The van der Waals surface area contributed by atoms with Crippen LogP contribution in [0.1, 0.15) is 6.42 Å². The molecule has 0 radical (unpaired) electrons. The minimum Gasteiger partial charge on any atom is -0.370 e. The number of non-ortho nitro benzene ring substituents is 1. The van der Waals surface area contributed by atoms with Crippen LogP contribution in [0.2, 0.25) is 0 Å². The normalized spacial score (nSPS) is 15.4. The molecule has 148 valence electrons. The summed E-state index contributed by atoms with van der Waals surface area (Å²) >= 11 is 0. The van der Waals surface area contributed by atoms with Crippen LogP contribution in [0.3, 0.4) is 0 Å². The molecule has 0 spiro atoms. The van der Waals surface area contributed by atoms with Crippen molar-refractivity contribution < 1.29 is 14.6 Å². The summed E-state index contributed by atoms with van der Waals surface area (Å²) < 4.78 is 7.77. The first kappa shape index (κ1) is 18.0. The van der Waals surface area contributed by atoms with Crippen LogP contribution in [0.5, 0.6) is 0 Å². The zero-order chi connectivity index (χ0) is 19.8. The lowest BCUT2D eigenvalue weighted by atomic mass is 10.1. The Morgan fingerprint density at radius 2 is 1.93 bits per heavy atom. The van der Waals surface area contributed by atoms with Crippen LogP contribution in [0.25, 0.3) is 32.8 Å². The van der Waals surface area contributed by atoms with E-state index in [1.54, 1.807) is 17.0 Å². The average Bonchev–Trinajstić information content (AvgIpc) is 3.05. The molecule has 0 bridgehead atoms. The Balaban J connectivity index is 1.56. The van der Waals surface area contributed by atoms with Gasteiger partial charge in [0.25, 0.3) is 5.69 Å². The average molecular weight is 391 g/mol. The molecule has 29 heavy (non-hydrogen) atoms. The summed E-state index contributed by atoms with van der Waals surface area (Å²) in [7, 11) is 0. The fourth-order valence-electron chi connectivity index (χ4n) is 4.35. The molecular weight excluding hydrogens is 368 g/mol. The number of hydrogen-bond donors (Lipinski definition) is 1. The van der Waals surface area contributed by atoms with Gasteiger partial charge in [-0.05, 0) is 18.2 Å². The van der Waals surface area contributed by atoms with Crippen LogP contribution in [0, 0.1) is 10.1 Å². The summed E-state index contributed by atoms with van der Waals surface area (Å²) in [4.78, 5) is 17.3. The number of nitro groups is 1. The van der Waals surface area contributed by atoms with Crippen molar-refractivity contribution in [2.45, 2.75) is 13.0 Å². The number of quaternary nitrogens is 1. The second-order valence-corrected chi connectivity index (χ2v) is 7.62. The number of hydrogen-bond acceptors (Lipinski definition) is 4. The first-order valence-electron chi connectivity index (χ1n) is 10.1. The number of nitro benzene ring substituents is 1. The Kier molecular flexibility index (Phi) is 4.61. The molecule has 3 heterocycles. The van der Waals surface area contributed by atoms with E-state index in [1.165, 1.54) is 6.07 Å². The number of benzene rings is 2. The number of pyridine rings is 1. The molecule has 0 unspecified atom stereocenters. The first-order chi connectivity index (χ1) is 14.2. The van der Waals surface area contributed by atoms with Crippen LogP contribution in [-0.4, -0.2) is 47.3 Å². The second kappa shape index (κ2) is 7.42. The zero-order valence-corrected chi connectivity index (χ0v) is 16.1. The van der Waals surface area contributed by atoms with Crippen molar-refractivity contribution >= 4 is 38.5 Å². The van der Waals surface area contributed by atoms with Gasteiger partial charge in [-0.2, -0.15) is 0 Å². The van der Waals surface area contributed by atoms with Gasteiger partial charge in [-0.15, -0.1) is 0 Å². The molecule has 0 aliphatic carbocycles. The van der Waals surface area contributed by atoms with Crippen molar-refractivity contribution in [1.29, 1.82) is 0 Å². The number of nitrogens with one attached hydrogen (secondary N) is 1. The van der Waals surface area contributed by atoms with Crippen LogP contribution in [0.4, 0.5) is 5.69 Å². The Morgan fingerprint density at radius 3 is 2.76 bits per heavy atom. The number of fused-ring (bicyclic) bond motifs is 4. The van der Waals surface area contributed by atoms with Crippen molar-refractivity contribution in [3.05, 3.63) is 58.6 Å². The van der Waals surface area contributed by atoms with Gasteiger partial charge >= 0.3 is 0 Å². The quantitative estimate of drug-likeness (QED) is 0.419. The fraction of sp³-hybridized carbons (Fsp3) is 0.318. The molecule has 1 aliphatic rings. The van der Waals surface area contributed by atoms with E-state index in [4.69, 9.17) is 9.72 Å². The van der Waals surface area contributed by atoms with Gasteiger partial charge in [0, 0.05) is 35.9 Å². The van der Waals surface area contributed by atoms with Crippen molar-refractivity contribution in [1.82, 2.24) is 9.55 Å². The van der Waals surface area contributed by atoms with Gasteiger partial charge in [-0.25, -0.2) is 4.98 Å². The Bertz CT molecular complexity index is 1210. The molecule has 7 heteroatoms. The van der Waals surface area contributed by atoms with E-state index in [0.29, 0.717) is 0 Å².